The third kappa shape index (κ3) is 6.15. The van der Waals surface area contributed by atoms with E-state index < -0.39 is 0 Å². The van der Waals surface area contributed by atoms with Gasteiger partial charge in [0.2, 0.25) is 0 Å². The van der Waals surface area contributed by atoms with Crippen LogP contribution in [0.4, 0.5) is 4.39 Å². The summed E-state index contributed by atoms with van der Waals surface area (Å²) in [5, 5.41) is 3.45. The van der Waals surface area contributed by atoms with Crippen molar-refractivity contribution in [2.75, 3.05) is 13.1 Å². The van der Waals surface area contributed by atoms with Crippen molar-refractivity contribution in [3.05, 3.63) is 86.6 Å². The molecule has 0 unspecified atom stereocenters. The van der Waals surface area contributed by atoms with Crippen molar-refractivity contribution in [2.24, 2.45) is 5.92 Å². The van der Waals surface area contributed by atoms with E-state index in [-0.39, 0.29) is 11.7 Å². The molecule has 2 aromatic carbocycles. The summed E-state index contributed by atoms with van der Waals surface area (Å²) in [4.78, 5) is 21.7. The Labute approximate surface area is 197 Å². The molecule has 0 bridgehead atoms. The Balaban J connectivity index is 1.47. The quantitative estimate of drug-likeness (QED) is 0.423. The van der Waals surface area contributed by atoms with Crippen LogP contribution in [0.3, 0.4) is 0 Å². The lowest BCUT2D eigenvalue weighted by Crippen LogP contribution is -2.38. The van der Waals surface area contributed by atoms with Gasteiger partial charge >= 0.3 is 0 Å². The number of nitrogens with zero attached hydrogens (tertiary/aromatic N) is 3. The van der Waals surface area contributed by atoms with Gasteiger partial charge in [0, 0.05) is 36.6 Å². The zero-order valence-corrected chi connectivity index (χ0v) is 19.7. The molecule has 1 aromatic heterocycles. The number of benzene rings is 2. The average Bonchev–Trinajstić information content (AvgIpc) is 3.24. The fourth-order valence-corrected chi connectivity index (χ4v) is 4.98. The molecular weight excluding hydrogens is 445 g/mol. The minimum atomic E-state index is -0.245. The topological polar surface area (TPSA) is 36.4 Å². The van der Waals surface area contributed by atoms with Crippen LogP contribution in [-0.4, -0.2) is 33.8 Å². The molecule has 1 saturated heterocycles. The second-order valence-electron chi connectivity index (χ2n) is 8.50. The first kappa shape index (κ1) is 22.9. The third-order valence-electron chi connectivity index (χ3n) is 5.82. The zero-order chi connectivity index (χ0) is 22.5. The Bertz CT molecular complexity index is 1050. The molecule has 0 N–H and O–H groups in total. The standard InChI is InChI=1S/C25H27ClFN3OS/c1-18-9-11-30(12-10-18)25(31)23-17-32-24(28-23)16-29(14-19-5-7-22(27)8-6-19)15-20-3-2-4-21(26)13-20/h2-8,13,17-18H,9-12,14-16H2,1H3. The normalized spacial score (nSPS) is 14.8. The number of carbonyl (C=O) groups excluding carboxylic acids is 1. The molecule has 1 aliphatic rings. The van der Waals surface area contributed by atoms with Gasteiger partial charge in [-0.1, -0.05) is 42.8 Å². The summed E-state index contributed by atoms with van der Waals surface area (Å²) in [5.74, 6) is 0.459. The van der Waals surface area contributed by atoms with Gasteiger partial charge < -0.3 is 4.90 Å². The molecule has 0 spiro atoms. The third-order valence-corrected chi connectivity index (χ3v) is 6.88. The summed E-state index contributed by atoms with van der Waals surface area (Å²) >= 11 is 7.69. The Morgan fingerprint density at radius 2 is 1.84 bits per heavy atom. The van der Waals surface area contributed by atoms with E-state index in [2.05, 4.69) is 16.8 Å². The maximum atomic E-state index is 13.3. The number of carbonyl (C=O) groups is 1. The monoisotopic (exact) mass is 471 g/mol. The minimum Gasteiger partial charge on any atom is -0.337 e. The van der Waals surface area contributed by atoms with Gasteiger partial charge in [-0.2, -0.15) is 0 Å². The molecular formula is C25H27ClFN3OS. The van der Waals surface area contributed by atoms with E-state index in [4.69, 9.17) is 11.6 Å². The van der Waals surface area contributed by atoms with Crippen molar-refractivity contribution in [1.82, 2.24) is 14.8 Å². The van der Waals surface area contributed by atoms with Crippen molar-refractivity contribution in [2.45, 2.75) is 39.4 Å². The fraction of sp³-hybridized carbons (Fsp3) is 0.360. The van der Waals surface area contributed by atoms with Gasteiger partial charge in [0.05, 0.1) is 6.54 Å². The van der Waals surface area contributed by atoms with Gasteiger partial charge in [-0.25, -0.2) is 9.37 Å². The molecule has 0 aliphatic carbocycles. The fourth-order valence-electron chi connectivity index (χ4n) is 3.96. The van der Waals surface area contributed by atoms with E-state index in [0.29, 0.717) is 36.3 Å². The van der Waals surface area contributed by atoms with E-state index >= 15 is 0 Å². The molecule has 32 heavy (non-hydrogen) atoms. The smallest absolute Gasteiger partial charge is 0.273 e. The van der Waals surface area contributed by atoms with E-state index in [1.807, 2.05) is 34.5 Å². The maximum absolute atomic E-state index is 13.3. The van der Waals surface area contributed by atoms with E-state index in [1.54, 1.807) is 12.1 Å². The molecule has 7 heteroatoms. The number of thiazole rings is 1. The van der Waals surface area contributed by atoms with Gasteiger partial charge in [0.25, 0.3) is 5.91 Å². The first-order valence-electron chi connectivity index (χ1n) is 10.9. The molecule has 168 valence electrons. The molecule has 4 rings (SSSR count). The number of halogens is 2. The first-order valence-corrected chi connectivity index (χ1v) is 12.2. The van der Waals surface area contributed by atoms with E-state index in [9.17, 15) is 9.18 Å². The zero-order valence-electron chi connectivity index (χ0n) is 18.1. The Hall–Kier alpha value is -2.28. The predicted octanol–water partition coefficient (Wildman–Crippen LogP) is 6.01. The SMILES string of the molecule is CC1CCN(C(=O)c2csc(CN(Cc3ccc(F)cc3)Cc3cccc(Cl)c3)n2)CC1. The minimum absolute atomic E-state index is 0.0272. The van der Waals surface area contributed by atoms with Crippen LogP contribution in [-0.2, 0) is 19.6 Å². The molecule has 1 aliphatic heterocycles. The largest absolute Gasteiger partial charge is 0.337 e. The van der Waals surface area contributed by atoms with Gasteiger partial charge in [-0.3, -0.25) is 9.69 Å². The van der Waals surface area contributed by atoms with Crippen molar-refractivity contribution in [3.63, 3.8) is 0 Å². The molecule has 1 amide bonds. The Kier molecular flexibility index (Phi) is 7.55. The number of hydrogen-bond donors (Lipinski definition) is 0. The molecule has 0 saturated carbocycles. The van der Waals surface area contributed by atoms with E-state index in [0.717, 1.165) is 42.1 Å². The van der Waals surface area contributed by atoms with Crippen LogP contribution in [0, 0.1) is 11.7 Å². The number of rotatable bonds is 7. The summed E-state index contributed by atoms with van der Waals surface area (Å²) in [7, 11) is 0. The molecule has 0 radical (unpaired) electrons. The van der Waals surface area contributed by atoms with Gasteiger partial charge in [-0.15, -0.1) is 11.3 Å². The molecule has 0 atom stereocenters. The van der Waals surface area contributed by atoms with Crippen LogP contribution in [0.1, 0.15) is 46.4 Å². The summed E-state index contributed by atoms with van der Waals surface area (Å²) < 4.78 is 13.3. The number of aromatic nitrogens is 1. The first-order chi connectivity index (χ1) is 15.5. The lowest BCUT2D eigenvalue weighted by Gasteiger charge is -2.29. The van der Waals surface area contributed by atoms with Gasteiger partial charge in [-0.05, 0) is 54.2 Å². The maximum Gasteiger partial charge on any atom is 0.273 e. The summed E-state index contributed by atoms with van der Waals surface area (Å²) in [6.07, 6.45) is 2.10. The average molecular weight is 472 g/mol. The molecule has 4 nitrogen and oxygen atoms in total. The lowest BCUT2D eigenvalue weighted by atomic mass is 9.99. The number of amides is 1. The number of likely N-dealkylation sites (tertiary alicyclic amines) is 1. The summed E-state index contributed by atoms with van der Waals surface area (Å²) in [6.45, 7) is 5.75. The highest BCUT2D eigenvalue weighted by atomic mass is 35.5. The van der Waals surface area contributed by atoms with Crippen LogP contribution >= 0.6 is 22.9 Å². The van der Waals surface area contributed by atoms with Crippen LogP contribution < -0.4 is 0 Å². The van der Waals surface area contributed by atoms with Crippen LogP contribution in [0.2, 0.25) is 5.02 Å². The van der Waals surface area contributed by atoms with Crippen LogP contribution in [0.25, 0.3) is 0 Å². The molecule has 2 heterocycles. The highest BCUT2D eigenvalue weighted by molar-refractivity contribution is 7.09. The van der Waals surface area contributed by atoms with Crippen LogP contribution in [0.5, 0.6) is 0 Å². The van der Waals surface area contributed by atoms with Crippen molar-refractivity contribution >= 4 is 28.8 Å². The van der Waals surface area contributed by atoms with E-state index in [1.165, 1.54) is 23.5 Å². The second-order valence-corrected chi connectivity index (χ2v) is 9.88. The number of hydrogen-bond acceptors (Lipinski definition) is 4. The Morgan fingerprint density at radius 3 is 2.56 bits per heavy atom. The molecule has 1 fully saturated rings. The summed E-state index contributed by atoms with van der Waals surface area (Å²) in [5.41, 5.74) is 2.64. The number of piperidine rings is 1. The predicted molar refractivity (Wildman–Crippen MR) is 127 cm³/mol. The van der Waals surface area contributed by atoms with Gasteiger partial charge in [0.1, 0.15) is 16.5 Å². The van der Waals surface area contributed by atoms with Crippen LogP contribution in [0.15, 0.2) is 53.9 Å². The second kappa shape index (κ2) is 10.6. The highest BCUT2D eigenvalue weighted by Crippen LogP contribution is 2.22. The highest BCUT2D eigenvalue weighted by Gasteiger charge is 2.23. The van der Waals surface area contributed by atoms with Crippen molar-refractivity contribution in [3.8, 4) is 0 Å². The van der Waals surface area contributed by atoms with Crippen molar-refractivity contribution in [1.29, 1.82) is 0 Å². The molecule has 3 aromatic rings. The Morgan fingerprint density at radius 1 is 1.12 bits per heavy atom. The lowest BCUT2D eigenvalue weighted by molar-refractivity contribution is 0.0691. The van der Waals surface area contributed by atoms with Crippen molar-refractivity contribution < 1.29 is 9.18 Å². The summed E-state index contributed by atoms with van der Waals surface area (Å²) in [6, 6.07) is 14.3. The van der Waals surface area contributed by atoms with Gasteiger partial charge in [0.15, 0.2) is 0 Å².